The summed E-state index contributed by atoms with van der Waals surface area (Å²) in [5, 5.41) is 1.92. The molecule has 5 heteroatoms. The van der Waals surface area contributed by atoms with E-state index in [4.69, 9.17) is 0 Å². The first-order chi connectivity index (χ1) is 7.16. The van der Waals surface area contributed by atoms with Crippen molar-refractivity contribution in [2.45, 2.75) is 6.54 Å². The van der Waals surface area contributed by atoms with Crippen molar-refractivity contribution >= 4 is 27.3 Å². The third-order valence-electron chi connectivity index (χ3n) is 1.98. The Morgan fingerprint density at radius 2 is 2.20 bits per heavy atom. The largest absolute Gasteiger partial charge is 0.308 e. The van der Waals surface area contributed by atoms with Crippen molar-refractivity contribution in [2.24, 2.45) is 0 Å². The van der Waals surface area contributed by atoms with Crippen LogP contribution in [0.3, 0.4) is 0 Å². The summed E-state index contributed by atoms with van der Waals surface area (Å²) in [4.78, 5) is 11.4. The van der Waals surface area contributed by atoms with Crippen LogP contribution in [0.4, 0.5) is 4.39 Å². The average Bonchev–Trinajstić information content (AvgIpc) is 2.58. The van der Waals surface area contributed by atoms with Crippen LogP contribution >= 0.6 is 27.3 Å². The molecule has 78 valence electrons. The predicted molar refractivity (Wildman–Crippen MR) is 61.8 cm³/mol. The summed E-state index contributed by atoms with van der Waals surface area (Å²) in [6.07, 6.45) is 1.21. The maximum Gasteiger partial charge on any atom is 0.251 e. The van der Waals surface area contributed by atoms with Crippen LogP contribution in [0.25, 0.3) is 0 Å². The van der Waals surface area contributed by atoms with Gasteiger partial charge in [-0.05, 0) is 39.0 Å². The number of pyridine rings is 1. The molecule has 0 fully saturated rings. The maximum absolute atomic E-state index is 12.9. The van der Waals surface area contributed by atoms with Gasteiger partial charge in [0.1, 0.15) is 5.82 Å². The standard InChI is InChI=1S/C10H7BrFNOS/c11-10-7(3-4-15-10)5-13-6-8(12)1-2-9(13)14/h1-4,6H,5H2. The molecule has 0 bridgehead atoms. The lowest BCUT2D eigenvalue weighted by Crippen LogP contribution is -2.19. The Kier molecular flexibility index (Phi) is 3.02. The van der Waals surface area contributed by atoms with Crippen molar-refractivity contribution in [3.63, 3.8) is 0 Å². The van der Waals surface area contributed by atoms with Gasteiger partial charge >= 0.3 is 0 Å². The Labute approximate surface area is 98.1 Å². The highest BCUT2D eigenvalue weighted by atomic mass is 79.9. The molecule has 0 amide bonds. The molecule has 0 aliphatic rings. The van der Waals surface area contributed by atoms with E-state index in [0.717, 1.165) is 9.35 Å². The van der Waals surface area contributed by atoms with E-state index in [9.17, 15) is 9.18 Å². The molecule has 0 atom stereocenters. The molecule has 2 heterocycles. The van der Waals surface area contributed by atoms with Crippen molar-refractivity contribution in [3.05, 3.63) is 55.3 Å². The zero-order valence-corrected chi connectivity index (χ0v) is 10.0. The van der Waals surface area contributed by atoms with Crippen molar-refractivity contribution < 1.29 is 4.39 Å². The predicted octanol–water partition coefficient (Wildman–Crippen LogP) is 2.86. The van der Waals surface area contributed by atoms with Gasteiger partial charge < -0.3 is 4.57 Å². The van der Waals surface area contributed by atoms with Gasteiger partial charge in [-0.3, -0.25) is 4.79 Å². The minimum atomic E-state index is -0.402. The highest BCUT2D eigenvalue weighted by Gasteiger charge is 2.04. The molecule has 0 saturated heterocycles. The lowest BCUT2D eigenvalue weighted by Gasteiger charge is -2.03. The Balaban J connectivity index is 2.36. The smallest absolute Gasteiger partial charge is 0.251 e. The molecular formula is C10H7BrFNOS. The third kappa shape index (κ3) is 2.35. The van der Waals surface area contributed by atoms with Gasteiger partial charge in [-0.1, -0.05) is 0 Å². The van der Waals surface area contributed by atoms with Gasteiger partial charge in [-0.25, -0.2) is 4.39 Å². The van der Waals surface area contributed by atoms with Gasteiger partial charge in [0.25, 0.3) is 5.56 Å². The minimum absolute atomic E-state index is 0.200. The first-order valence-corrected chi connectivity index (χ1v) is 5.92. The number of rotatable bonds is 2. The fourth-order valence-electron chi connectivity index (χ4n) is 1.24. The molecule has 0 aliphatic heterocycles. The Bertz CT molecular complexity index is 534. The zero-order chi connectivity index (χ0) is 10.8. The van der Waals surface area contributed by atoms with Crippen molar-refractivity contribution in [1.29, 1.82) is 0 Å². The van der Waals surface area contributed by atoms with Gasteiger partial charge in [-0.2, -0.15) is 0 Å². The molecule has 0 unspecified atom stereocenters. The Morgan fingerprint density at radius 3 is 2.87 bits per heavy atom. The van der Waals surface area contributed by atoms with Crippen LogP contribution in [0.15, 0.2) is 38.4 Å². The maximum atomic E-state index is 12.9. The first-order valence-electron chi connectivity index (χ1n) is 4.24. The van der Waals surface area contributed by atoms with Gasteiger partial charge in [0.2, 0.25) is 0 Å². The van der Waals surface area contributed by atoms with Crippen LogP contribution in [0.2, 0.25) is 0 Å². The number of aromatic nitrogens is 1. The lowest BCUT2D eigenvalue weighted by atomic mass is 10.3. The molecule has 0 saturated carbocycles. The SMILES string of the molecule is O=c1ccc(F)cn1Cc1ccsc1Br. The summed E-state index contributed by atoms with van der Waals surface area (Å²) in [5.74, 6) is -0.402. The van der Waals surface area contributed by atoms with E-state index >= 15 is 0 Å². The lowest BCUT2D eigenvalue weighted by molar-refractivity contribution is 0.595. The second-order valence-corrected chi connectivity index (χ2v) is 5.27. The van der Waals surface area contributed by atoms with Gasteiger partial charge in [0, 0.05) is 12.3 Å². The van der Waals surface area contributed by atoms with Crippen LogP contribution in [0, 0.1) is 5.82 Å². The number of hydrogen-bond donors (Lipinski definition) is 0. The van der Waals surface area contributed by atoms with E-state index in [1.807, 2.05) is 11.4 Å². The summed E-state index contributed by atoms with van der Waals surface area (Å²) >= 11 is 4.92. The molecule has 2 nitrogen and oxygen atoms in total. The van der Waals surface area contributed by atoms with Crippen LogP contribution < -0.4 is 5.56 Å². The van der Waals surface area contributed by atoms with Gasteiger partial charge in [0.05, 0.1) is 10.3 Å². The highest BCUT2D eigenvalue weighted by Crippen LogP contribution is 2.23. The first kappa shape index (κ1) is 10.6. The third-order valence-corrected chi connectivity index (χ3v) is 3.79. The molecule has 0 radical (unpaired) electrons. The van der Waals surface area contributed by atoms with Crippen LogP contribution in [0.1, 0.15) is 5.56 Å². The van der Waals surface area contributed by atoms with Crippen molar-refractivity contribution in [1.82, 2.24) is 4.57 Å². The monoisotopic (exact) mass is 287 g/mol. The summed E-state index contributed by atoms with van der Waals surface area (Å²) in [5.41, 5.74) is 0.780. The number of hydrogen-bond acceptors (Lipinski definition) is 2. The molecule has 0 aromatic carbocycles. The second-order valence-electron chi connectivity index (χ2n) is 3.03. The fourth-order valence-corrected chi connectivity index (χ4v) is 2.46. The molecule has 0 aliphatic carbocycles. The Morgan fingerprint density at radius 1 is 1.40 bits per heavy atom. The van der Waals surface area contributed by atoms with Gasteiger partial charge in [-0.15, -0.1) is 11.3 Å². The molecule has 2 aromatic rings. The van der Waals surface area contributed by atoms with E-state index in [1.54, 1.807) is 11.3 Å². The molecule has 2 aromatic heterocycles. The molecule has 0 N–H and O–H groups in total. The van der Waals surface area contributed by atoms with Crippen molar-refractivity contribution in [2.75, 3.05) is 0 Å². The summed E-state index contributed by atoms with van der Waals surface area (Å²) in [6, 6.07) is 4.31. The summed E-state index contributed by atoms with van der Waals surface area (Å²) in [6.45, 7) is 0.390. The Hall–Kier alpha value is -0.940. The van der Waals surface area contributed by atoms with Crippen LogP contribution in [-0.4, -0.2) is 4.57 Å². The fraction of sp³-hybridized carbons (Fsp3) is 0.100. The molecule has 2 rings (SSSR count). The van der Waals surface area contributed by atoms with E-state index in [1.165, 1.54) is 22.9 Å². The summed E-state index contributed by atoms with van der Waals surface area (Å²) in [7, 11) is 0. The summed E-state index contributed by atoms with van der Waals surface area (Å²) < 4.78 is 15.2. The molecule has 15 heavy (non-hydrogen) atoms. The van der Waals surface area contributed by atoms with E-state index in [0.29, 0.717) is 6.54 Å². The van der Waals surface area contributed by atoms with Crippen LogP contribution in [-0.2, 0) is 6.54 Å². The second kappa shape index (κ2) is 4.28. The quantitative estimate of drug-likeness (QED) is 0.833. The minimum Gasteiger partial charge on any atom is -0.308 e. The van der Waals surface area contributed by atoms with Gasteiger partial charge in [0.15, 0.2) is 0 Å². The van der Waals surface area contributed by atoms with E-state index in [-0.39, 0.29) is 5.56 Å². The number of halogens is 2. The molecule has 0 spiro atoms. The topological polar surface area (TPSA) is 22.0 Å². The number of nitrogens with zero attached hydrogens (tertiary/aromatic N) is 1. The highest BCUT2D eigenvalue weighted by molar-refractivity contribution is 9.11. The molecular weight excluding hydrogens is 281 g/mol. The normalized spacial score (nSPS) is 10.5. The van der Waals surface area contributed by atoms with E-state index in [2.05, 4.69) is 15.9 Å². The van der Waals surface area contributed by atoms with E-state index < -0.39 is 5.82 Å². The van der Waals surface area contributed by atoms with Crippen molar-refractivity contribution in [3.8, 4) is 0 Å². The average molecular weight is 288 g/mol. The number of thiophene rings is 1. The zero-order valence-electron chi connectivity index (χ0n) is 7.61. The van der Waals surface area contributed by atoms with Crippen LogP contribution in [0.5, 0.6) is 0 Å².